The van der Waals surface area contributed by atoms with E-state index in [0.29, 0.717) is 31.8 Å². The lowest BCUT2D eigenvalue weighted by molar-refractivity contribution is -0.137. The molecule has 0 heterocycles. The van der Waals surface area contributed by atoms with Gasteiger partial charge in [0.15, 0.2) is 0 Å². The first-order valence-electron chi connectivity index (χ1n) is 7.08. The first kappa shape index (κ1) is 17.8. The molecule has 21 heavy (non-hydrogen) atoms. The number of anilines is 1. The second-order valence-corrected chi connectivity index (χ2v) is 4.70. The van der Waals surface area contributed by atoms with Crippen LogP contribution in [0.2, 0.25) is 0 Å². The molecule has 0 fully saturated rings. The molecule has 0 aliphatic carbocycles. The standard InChI is InChI=1S/C15H23F3N2O/c1-4-19-11-12-6-7-14(13(10-12)15(16,17)18)20(5-2)8-9-21-3/h6-7,10,19H,4-5,8-9,11H2,1-3H3. The predicted molar refractivity (Wildman–Crippen MR) is 78.6 cm³/mol. The fraction of sp³-hybridized carbons (Fsp3) is 0.600. The molecule has 3 nitrogen and oxygen atoms in total. The highest BCUT2D eigenvalue weighted by molar-refractivity contribution is 5.56. The molecular weight excluding hydrogens is 281 g/mol. The molecule has 0 unspecified atom stereocenters. The maximum Gasteiger partial charge on any atom is 0.418 e. The topological polar surface area (TPSA) is 24.5 Å². The van der Waals surface area contributed by atoms with Crippen LogP contribution >= 0.6 is 0 Å². The van der Waals surface area contributed by atoms with E-state index in [4.69, 9.17) is 4.74 Å². The summed E-state index contributed by atoms with van der Waals surface area (Å²) >= 11 is 0. The third-order valence-corrected chi connectivity index (χ3v) is 3.23. The number of nitrogens with zero attached hydrogens (tertiary/aromatic N) is 1. The zero-order valence-corrected chi connectivity index (χ0v) is 12.8. The number of likely N-dealkylation sites (N-methyl/N-ethyl adjacent to an activating group) is 1. The van der Waals surface area contributed by atoms with E-state index in [1.54, 1.807) is 17.0 Å². The number of benzene rings is 1. The summed E-state index contributed by atoms with van der Waals surface area (Å²) in [5, 5.41) is 3.04. The average molecular weight is 304 g/mol. The Kier molecular flexibility index (Phi) is 6.98. The van der Waals surface area contributed by atoms with E-state index in [9.17, 15) is 13.2 Å². The summed E-state index contributed by atoms with van der Waals surface area (Å²) in [6, 6.07) is 4.52. The van der Waals surface area contributed by atoms with E-state index in [-0.39, 0.29) is 5.69 Å². The van der Waals surface area contributed by atoms with Crippen LogP contribution in [0.1, 0.15) is 25.0 Å². The van der Waals surface area contributed by atoms with Gasteiger partial charge in [-0.15, -0.1) is 0 Å². The summed E-state index contributed by atoms with van der Waals surface area (Å²) in [5.41, 5.74) is 0.258. The van der Waals surface area contributed by atoms with Gasteiger partial charge in [-0.2, -0.15) is 13.2 Å². The van der Waals surface area contributed by atoms with Crippen molar-refractivity contribution >= 4 is 5.69 Å². The SMILES string of the molecule is CCNCc1ccc(N(CC)CCOC)c(C(F)(F)F)c1. The molecule has 0 saturated heterocycles. The number of nitrogens with one attached hydrogen (secondary N) is 1. The van der Waals surface area contributed by atoms with Gasteiger partial charge in [0.25, 0.3) is 0 Å². The fourth-order valence-corrected chi connectivity index (χ4v) is 2.12. The average Bonchev–Trinajstić information content (AvgIpc) is 2.45. The predicted octanol–water partition coefficient (Wildman–Crippen LogP) is 3.29. The Labute approximate surface area is 124 Å². The molecule has 0 spiro atoms. The highest BCUT2D eigenvalue weighted by atomic mass is 19.4. The van der Waals surface area contributed by atoms with Crippen molar-refractivity contribution in [1.29, 1.82) is 0 Å². The summed E-state index contributed by atoms with van der Waals surface area (Å²) in [5.74, 6) is 0. The van der Waals surface area contributed by atoms with Crippen LogP contribution in [0.15, 0.2) is 18.2 Å². The van der Waals surface area contributed by atoms with E-state index in [0.717, 1.165) is 6.54 Å². The maximum absolute atomic E-state index is 13.3. The summed E-state index contributed by atoms with van der Waals surface area (Å²) in [4.78, 5) is 1.68. The second-order valence-electron chi connectivity index (χ2n) is 4.70. The van der Waals surface area contributed by atoms with Crippen molar-refractivity contribution in [3.8, 4) is 0 Å². The van der Waals surface area contributed by atoms with E-state index in [2.05, 4.69) is 5.32 Å². The minimum atomic E-state index is -4.36. The van der Waals surface area contributed by atoms with Crippen LogP contribution in [0.5, 0.6) is 0 Å². The van der Waals surface area contributed by atoms with Crippen LogP contribution in [-0.2, 0) is 17.5 Å². The number of halogens is 3. The first-order valence-corrected chi connectivity index (χ1v) is 7.08. The monoisotopic (exact) mass is 304 g/mol. The van der Waals surface area contributed by atoms with E-state index in [1.165, 1.54) is 13.2 Å². The van der Waals surface area contributed by atoms with Crippen molar-refractivity contribution < 1.29 is 17.9 Å². The Balaban J connectivity index is 3.11. The molecule has 6 heteroatoms. The Morgan fingerprint density at radius 3 is 2.48 bits per heavy atom. The van der Waals surface area contributed by atoms with Crippen LogP contribution in [-0.4, -0.2) is 33.4 Å². The quantitative estimate of drug-likeness (QED) is 0.797. The van der Waals surface area contributed by atoms with Gasteiger partial charge < -0.3 is 15.0 Å². The minimum Gasteiger partial charge on any atom is -0.383 e. The molecule has 0 aromatic heterocycles. The van der Waals surface area contributed by atoms with Crippen LogP contribution in [0.4, 0.5) is 18.9 Å². The minimum absolute atomic E-state index is 0.210. The molecule has 0 atom stereocenters. The summed E-state index contributed by atoms with van der Waals surface area (Å²) in [7, 11) is 1.54. The Hall–Kier alpha value is -1.27. The molecule has 0 aliphatic heterocycles. The van der Waals surface area contributed by atoms with E-state index >= 15 is 0 Å². The molecule has 1 aromatic carbocycles. The van der Waals surface area contributed by atoms with Crippen LogP contribution in [0.25, 0.3) is 0 Å². The molecule has 0 amide bonds. The molecule has 1 aromatic rings. The normalized spacial score (nSPS) is 11.7. The maximum atomic E-state index is 13.3. The lowest BCUT2D eigenvalue weighted by atomic mass is 10.1. The third kappa shape index (κ3) is 5.21. The van der Waals surface area contributed by atoms with Crippen molar-refractivity contribution in [2.24, 2.45) is 0 Å². The molecule has 0 bridgehead atoms. The van der Waals surface area contributed by atoms with Gasteiger partial charge in [-0.3, -0.25) is 0 Å². The number of hydrogen-bond donors (Lipinski definition) is 1. The van der Waals surface area contributed by atoms with E-state index in [1.807, 2.05) is 13.8 Å². The molecule has 1 rings (SSSR count). The van der Waals surface area contributed by atoms with Gasteiger partial charge in [-0.1, -0.05) is 13.0 Å². The van der Waals surface area contributed by atoms with Crippen molar-refractivity contribution in [2.45, 2.75) is 26.6 Å². The molecule has 0 saturated carbocycles. The number of alkyl halides is 3. The zero-order valence-electron chi connectivity index (χ0n) is 12.8. The van der Waals surface area contributed by atoms with E-state index < -0.39 is 11.7 Å². The van der Waals surface area contributed by atoms with Crippen molar-refractivity contribution in [1.82, 2.24) is 5.32 Å². The Bertz CT molecular complexity index is 435. The highest BCUT2D eigenvalue weighted by Crippen LogP contribution is 2.37. The van der Waals surface area contributed by atoms with Crippen LogP contribution in [0.3, 0.4) is 0 Å². The smallest absolute Gasteiger partial charge is 0.383 e. The zero-order chi connectivity index (χ0) is 15.9. The molecule has 0 aliphatic rings. The van der Waals surface area contributed by atoms with Crippen molar-refractivity contribution in [3.63, 3.8) is 0 Å². The highest BCUT2D eigenvalue weighted by Gasteiger charge is 2.34. The fourth-order valence-electron chi connectivity index (χ4n) is 2.12. The van der Waals surface area contributed by atoms with Crippen LogP contribution in [0, 0.1) is 0 Å². The van der Waals surface area contributed by atoms with Gasteiger partial charge in [-0.25, -0.2) is 0 Å². The number of methoxy groups -OCH3 is 1. The largest absolute Gasteiger partial charge is 0.418 e. The van der Waals surface area contributed by atoms with Gasteiger partial charge >= 0.3 is 6.18 Å². The van der Waals surface area contributed by atoms with Gasteiger partial charge in [-0.05, 0) is 31.2 Å². The van der Waals surface area contributed by atoms with Crippen molar-refractivity contribution in [2.75, 3.05) is 38.3 Å². The van der Waals surface area contributed by atoms with Gasteiger partial charge in [0.2, 0.25) is 0 Å². The summed E-state index contributed by atoms with van der Waals surface area (Å²) in [6.07, 6.45) is -4.36. The van der Waals surface area contributed by atoms with Crippen molar-refractivity contribution in [3.05, 3.63) is 29.3 Å². The van der Waals surface area contributed by atoms with Gasteiger partial charge in [0.05, 0.1) is 12.2 Å². The molecule has 0 radical (unpaired) electrons. The molecule has 120 valence electrons. The lowest BCUT2D eigenvalue weighted by Gasteiger charge is -2.26. The second kappa shape index (κ2) is 8.24. The number of ether oxygens (including phenoxy) is 1. The Morgan fingerprint density at radius 1 is 1.24 bits per heavy atom. The van der Waals surface area contributed by atoms with Gasteiger partial charge in [0, 0.05) is 32.4 Å². The molecule has 1 N–H and O–H groups in total. The first-order chi connectivity index (χ1) is 9.93. The molecular formula is C15H23F3N2O. The summed E-state index contributed by atoms with van der Waals surface area (Å²) < 4.78 is 44.8. The summed E-state index contributed by atoms with van der Waals surface area (Å²) in [6.45, 7) is 6.24. The van der Waals surface area contributed by atoms with Gasteiger partial charge in [0.1, 0.15) is 0 Å². The number of hydrogen-bond acceptors (Lipinski definition) is 3. The lowest BCUT2D eigenvalue weighted by Crippen LogP contribution is -2.29. The third-order valence-electron chi connectivity index (χ3n) is 3.23. The number of rotatable bonds is 8. The Morgan fingerprint density at radius 2 is 1.95 bits per heavy atom. The van der Waals surface area contributed by atoms with Crippen LogP contribution < -0.4 is 10.2 Å².